The van der Waals surface area contributed by atoms with Crippen molar-refractivity contribution in [2.75, 3.05) is 0 Å². The molecule has 0 aliphatic heterocycles. The predicted octanol–water partition coefficient (Wildman–Crippen LogP) is 5.46. The molecule has 3 heterocycles. The van der Waals surface area contributed by atoms with Crippen LogP contribution in [0.5, 0.6) is 0 Å². The van der Waals surface area contributed by atoms with E-state index < -0.39 is 0 Å². The molecule has 0 saturated heterocycles. The predicted molar refractivity (Wildman–Crippen MR) is 119 cm³/mol. The van der Waals surface area contributed by atoms with Crippen LogP contribution in [0.25, 0.3) is 55.4 Å². The van der Waals surface area contributed by atoms with Crippen LogP contribution in [-0.4, -0.2) is 24.9 Å². The summed E-state index contributed by atoms with van der Waals surface area (Å²) in [6.07, 6.45) is 5.17. The van der Waals surface area contributed by atoms with Gasteiger partial charge in [0.2, 0.25) is 0 Å². The molecule has 0 aliphatic rings. The Balaban J connectivity index is 1.41. The van der Waals surface area contributed by atoms with Gasteiger partial charge in [-0.25, -0.2) is 19.9 Å². The summed E-state index contributed by atoms with van der Waals surface area (Å²) in [7, 11) is 0. The van der Waals surface area contributed by atoms with Gasteiger partial charge in [-0.1, -0.05) is 36.4 Å². The van der Waals surface area contributed by atoms with E-state index in [-0.39, 0.29) is 0 Å². The topological polar surface area (TPSA) is 64.5 Å². The van der Waals surface area contributed by atoms with Crippen molar-refractivity contribution < 1.29 is 0 Å². The monoisotopic (exact) mass is 385 g/mol. The number of benzene rings is 3. The molecule has 5 nitrogen and oxygen atoms in total. The minimum Gasteiger partial charge on any atom is -0.252 e. The standard InChI is InChI=1S/C25H15N5/c1-2-4-21-16(3-1)5-9-22(29-21)18-7-10-23-24(12-18)27-14-25(30-23)17-6-8-20-19(11-17)13-26-15-28-20/h1-15H. The molecule has 140 valence electrons. The lowest BCUT2D eigenvalue weighted by Gasteiger charge is -2.07. The first-order valence-electron chi connectivity index (χ1n) is 9.67. The normalized spacial score (nSPS) is 11.3. The third kappa shape index (κ3) is 2.84. The molecular formula is C25H15N5. The second-order valence-electron chi connectivity index (χ2n) is 7.14. The Kier molecular flexibility index (Phi) is 3.71. The fourth-order valence-electron chi connectivity index (χ4n) is 3.68. The van der Waals surface area contributed by atoms with E-state index in [9.17, 15) is 0 Å². The van der Waals surface area contributed by atoms with Crippen molar-refractivity contribution in [1.29, 1.82) is 0 Å². The summed E-state index contributed by atoms with van der Waals surface area (Å²) in [6, 6.07) is 24.4. The SMILES string of the molecule is c1ccc2nc(-c3ccc4nc(-c5ccc6ncncc6c5)cnc4c3)ccc2c1. The summed E-state index contributed by atoms with van der Waals surface area (Å²) in [5.41, 5.74) is 7.36. The van der Waals surface area contributed by atoms with Crippen LogP contribution < -0.4 is 0 Å². The molecule has 0 aliphatic carbocycles. The molecule has 5 heteroatoms. The molecule has 0 saturated carbocycles. The Morgan fingerprint density at radius 1 is 0.500 bits per heavy atom. The molecule has 0 atom stereocenters. The van der Waals surface area contributed by atoms with Gasteiger partial charge in [0.25, 0.3) is 0 Å². The Labute approximate surface area is 172 Å². The molecule has 3 aromatic carbocycles. The molecule has 0 spiro atoms. The average Bonchev–Trinajstić information content (AvgIpc) is 2.83. The molecule has 0 fully saturated rings. The molecule has 0 unspecified atom stereocenters. The van der Waals surface area contributed by atoms with Crippen LogP contribution in [0, 0.1) is 0 Å². The van der Waals surface area contributed by atoms with Crippen molar-refractivity contribution >= 4 is 32.8 Å². The van der Waals surface area contributed by atoms with Gasteiger partial charge in [0, 0.05) is 28.1 Å². The van der Waals surface area contributed by atoms with Gasteiger partial charge >= 0.3 is 0 Å². The van der Waals surface area contributed by atoms with E-state index >= 15 is 0 Å². The smallest absolute Gasteiger partial charge is 0.116 e. The van der Waals surface area contributed by atoms with Crippen LogP contribution in [0.15, 0.2) is 91.5 Å². The summed E-state index contributed by atoms with van der Waals surface area (Å²) < 4.78 is 0. The van der Waals surface area contributed by atoms with E-state index in [1.807, 2.05) is 73.1 Å². The van der Waals surface area contributed by atoms with E-state index in [1.54, 1.807) is 6.33 Å². The van der Waals surface area contributed by atoms with Gasteiger partial charge in [-0.05, 0) is 36.4 Å². The largest absolute Gasteiger partial charge is 0.252 e. The Morgan fingerprint density at radius 3 is 2.30 bits per heavy atom. The maximum Gasteiger partial charge on any atom is 0.116 e. The van der Waals surface area contributed by atoms with Crippen LogP contribution in [0.3, 0.4) is 0 Å². The lowest BCUT2D eigenvalue weighted by Crippen LogP contribution is -1.91. The van der Waals surface area contributed by atoms with Gasteiger partial charge < -0.3 is 0 Å². The van der Waals surface area contributed by atoms with Crippen molar-refractivity contribution in [1.82, 2.24) is 24.9 Å². The highest BCUT2D eigenvalue weighted by atomic mass is 14.8. The van der Waals surface area contributed by atoms with E-state index in [1.165, 1.54) is 0 Å². The molecule has 0 amide bonds. The summed E-state index contributed by atoms with van der Waals surface area (Å²) in [5, 5.41) is 2.11. The number of pyridine rings is 1. The molecule has 0 radical (unpaired) electrons. The zero-order valence-corrected chi connectivity index (χ0v) is 15.9. The van der Waals surface area contributed by atoms with Crippen molar-refractivity contribution in [3.63, 3.8) is 0 Å². The minimum atomic E-state index is 0.824. The Bertz CT molecular complexity index is 1440. The van der Waals surface area contributed by atoms with Gasteiger partial charge in [-0.15, -0.1) is 0 Å². The molecule has 6 aromatic rings. The highest BCUT2D eigenvalue weighted by molar-refractivity contribution is 5.87. The van der Waals surface area contributed by atoms with Crippen molar-refractivity contribution in [3.05, 3.63) is 91.5 Å². The lowest BCUT2D eigenvalue weighted by atomic mass is 10.1. The molecule has 30 heavy (non-hydrogen) atoms. The zero-order valence-electron chi connectivity index (χ0n) is 15.9. The van der Waals surface area contributed by atoms with E-state index in [0.717, 1.165) is 55.4 Å². The summed E-state index contributed by atoms with van der Waals surface area (Å²) in [6.45, 7) is 0. The number of nitrogens with zero attached hydrogens (tertiary/aromatic N) is 5. The van der Waals surface area contributed by atoms with E-state index in [0.29, 0.717) is 0 Å². The molecule has 0 bridgehead atoms. The quantitative estimate of drug-likeness (QED) is 0.396. The molecule has 3 aromatic heterocycles. The number of fused-ring (bicyclic) bond motifs is 3. The van der Waals surface area contributed by atoms with Crippen molar-refractivity contribution in [2.24, 2.45) is 0 Å². The Morgan fingerprint density at radius 2 is 1.33 bits per heavy atom. The number of hydrogen-bond donors (Lipinski definition) is 0. The first-order valence-corrected chi connectivity index (χ1v) is 9.67. The fraction of sp³-hybridized carbons (Fsp3) is 0. The number of rotatable bonds is 2. The van der Waals surface area contributed by atoms with Crippen molar-refractivity contribution in [3.8, 4) is 22.5 Å². The molecule has 6 rings (SSSR count). The third-order valence-corrected chi connectivity index (χ3v) is 5.24. The summed E-state index contributed by atoms with van der Waals surface area (Å²) in [5.74, 6) is 0. The van der Waals surface area contributed by atoms with Gasteiger partial charge in [0.15, 0.2) is 0 Å². The van der Waals surface area contributed by atoms with Crippen LogP contribution in [0.2, 0.25) is 0 Å². The van der Waals surface area contributed by atoms with Gasteiger partial charge in [-0.3, -0.25) is 4.98 Å². The van der Waals surface area contributed by atoms with Crippen LogP contribution in [-0.2, 0) is 0 Å². The first-order chi connectivity index (χ1) is 14.8. The second kappa shape index (κ2) is 6.67. The fourth-order valence-corrected chi connectivity index (χ4v) is 3.68. The van der Waals surface area contributed by atoms with Crippen molar-refractivity contribution in [2.45, 2.75) is 0 Å². The Hall–Kier alpha value is -4.25. The van der Waals surface area contributed by atoms with Crippen LogP contribution in [0.1, 0.15) is 0 Å². The van der Waals surface area contributed by atoms with Crippen LogP contribution >= 0.6 is 0 Å². The first kappa shape index (κ1) is 16.7. The maximum absolute atomic E-state index is 4.81. The molecular weight excluding hydrogens is 370 g/mol. The second-order valence-corrected chi connectivity index (χ2v) is 7.14. The maximum atomic E-state index is 4.81. The van der Waals surface area contributed by atoms with E-state index in [4.69, 9.17) is 9.97 Å². The van der Waals surface area contributed by atoms with Crippen LogP contribution in [0.4, 0.5) is 0 Å². The van der Waals surface area contributed by atoms with E-state index in [2.05, 4.69) is 27.1 Å². The summed E-state index contributed by atoms with van der Waals surface area (Å²) >= 11 is 0. The zero-order chi connectivity index (χ0) is 19.9. The number of aromatic nitrogens is 5. The average molecular weight is 385 g/mol. The minimum absolute atomic E-state index is 0.824. The highest BCUT2D eigenvalue weighted by Gasteiger charge is 2.07. The number of hydrogen-bond acceptors (Lipinski definition) is 5. The number of para-hydroxylation sites is 1. The molecule has 0 N–H and O–H groups in total. The lowest BCUT2D eigenvalue weighted by molar-refractivity contribution is 1.22. The van der Waals surface area contributed by atoms with Gasteiger partial charge in [0.1, 0.15) is 6.33 Å². The highest BCUT2D eigenvalue weighted by Crippen LogP contribution is 2.26. The third-order valence-electron chi connectivity index (χ3n) is 5.24. The van der Waals surface area contributed by atoms with Gasteiger partial charge in [0.05, 0.1) is 39.7 Å². The van der Waals surface area contributed by atoms with Gasteiger partial charge in [-0.2, -0.15) is 0 Å². The summed E-state index contributed by atoms with van der Waals surface area (Å²) in [4.78, 5) is 22.6.